The van der Waals surface area contributed by atoms with Crippen molar-refractivity contribution in [2.75, 3.05) is 6.54 Å². The molecular formula is C14H15N5O8S2. The lowest BCUT2D eigenvalue weighted by atomic mass is 10.1. The monoisotopic (exact) mass is 445 g/mol. The van der Waals surface area contributed by atoms with Gasteiger partial charge in [0.05, 0.1) is 13.0 Å². The van der Waals surface area contributed by atoms with Crippen molar-refractivity contribution in [3.63, 3.8) is 0 Å². The maximum Gasteiger partial charge on any atom is 0.362 e. The zero-order valence-corrected chi connectivity index (χ0v) is 16.1. The molecule has 0 bridgehead atoms. The smallest absolute Gasteiger partial charge is 0.343 e. The van der Waals surface area contributed by atoms with E-state index in [1.807, 2.05) is 4.98 Å². The molecule has 2 aliphatic heterocycles. The van der Waals surface area contributed by atoms with Gasteiger partial charge in [-0.1, -0.05) is 6.08 Å². The number of nitrogens with zero attached hydrogens (tertiary/aromatic N) is 1. The van der Waals surface area contributed by atoms with E-state index in [1.54, 1.807) is 11.5 Å². The number of carbonyl (C=O) groups is 3. The number of amides is 3. The maximum atomic E-state index is 12.4. The molecule has 0 aromatic carbocycles. The Morgan fingerprint density at radius 2 is 2.07 bits per heavy atom. The van der Waals surface area contributed by atoms with Crippen LogP contribution in [0.3, 0.4) is 0 Å². The maximum absolute atomic E-state index is 12.4. The third-order valence-corrected chi connectivity index (χ3v) is 6.27. The van der Waals surface area contributed by atoms with Crippen molar-refractivity contribution in [3.8, 4) is 0 Å². The fourth-order valence-corrected chi connectivity index (χ4v) is 4.47. The standard InChI is InChI=1S/C14H15N5O8S2/c20-9(16-8-6-19(12(8)23)29(25,26)27)4-14(2-1-3-28-14)18-11(22)7-5-15-13(24)17-10(7)21/h1,3,5,8H,2,4,6H2,(H,16,20)(H,18,22)(H,25,26,27)(H2,15,17,21,24). The number of aromatic nitrogens is 2. The molecule has 1 aromatic rings. The highest BCUT2D eigenvalue weighted by Crippen LogP contribution is 2.37. The molecular weight excluding hydrogens is 430 g/mol. The van der Waals surface area contributed by atoms with Gasteiger partial charge in [0.15, 0.2) is 0 Å². The van der Waals surface area contributed by atoms with E-state index in [0.29, 0.717) is 0 Å². The third-order valence-electron chi connectivity index (χ3n) is 4.19. The molecule has 0 radical (unpaired) electrons. The van der Waals surface area contributed by atoms with Gasteiger partial charge in [0.2, 0.25) is 5.91 Å². The summed E-state index contributed by atoms with van der Waals surface area (Å²) in [6, 6.07) is -1.11. The summed E-state index contributed by atoms with van der Waals surface area (Å²) >= 11 is 1.12. The van der Waals surface area contributed by atoms with Crippen LogP contribution in [0.2, 0.25) is 0 Å². The van der Waals surface area contributed by atoms with Crippen molar-refractivity contribution in [1.29, 1.82) is 0 Å². The SMILES string of the molecule is O=C(CC1(NC(=O)c2c[nH]c(=O)[nH]c2=O)CC=CS1)NC1CN(S(=O)(=O)O)C1=O. The van der Waals surface area contributed by atoms with Crippen molar-refractivity contribution in [2.24, 2.45) is 0 Å². The zero-order chi connectivity index (χ0) is 21.4. The van der Waals surface area contributed by atoms with Crippen LogP contribution in [0.25, 0.3) is 0 Å². The van der Waals surface area contributed by atoms with Crippen LogP contribution in [0, 0.1) is 0 Å². The Bertz CT molecular complexity index is 1110. The van der Waals surface area contributed by atoms with E-state index in [4.69, 9.17) is 4.55 Å². The largest absolute Gasteiger partial charge is 0.362 e. The lowest BCUT2D eigenvalue weighted by Gasteiger charge is -2.36. The molecule has 2 aliphatic rings. The minimum Gasteiger partial charge on any atom is -0.343 e. The quantitative estimate of drug-likeness (QED) is 0.235. The zero-order valence-electron chi connectivity index (χ0n) is 14.5. The van der Waals surface area contributed by atoms with Gasteiger partial charge < -0.3 is 15.6 Å². The van der Waals surface area contributed by atoms with Crippen LogP contribution in [0.15, 0.2) is 27.3 Å². The van der Waals surface area contributed by atoms with Gasteiger partial charge >= 0.3 is 16.0 Å². The van der Waals surface area contributed by atoms with Crippen molar-refractivity contribution < 1.29 is 27.4 Å². The number of thioether (sulfide) groups is 1. The van der Waals surface area contributed by atoms with Crippen molar-refractivity contribution in [3.05, 3.63) is 44.1 Å². The second-order valence-corrected chi connectivity index (χ2v) is 8.90. The highest BCUT2D eigenvalue weighted by atomic mass is 32.2. The molecule has 1 fully saturated rings. The second-order valence-electron chi connectivity index (χ2n) is 6.27. The fraction of sp³-hybridized carbons (Fsp3) is 0.357. The molecule has 0 saturated carbocycles. The molecule has 0 aliphatic carbocycles. The van der Waals surface area contributed by atoms with Crippen LogP contribution >= 0.6 is 11.8 Å². The minimum absolute atomic E-state index is 0.212. The molecule has 2 unspecified atom stereocenters. The van der Waals surface area contributed by atoms with E-state index >= 15 is 0 Å². The number of hydrogen-bond donors (Lipinski definition) is 5. The van der Waals surface area contributed by atoms with Crippen molar-refractivity contribution >= 4 is 39.8 Å². The van der Waals surface area contributed by atoms with Crippen LogP contribution in [-0.4, -0.2) is 62.4 Å². The highest BCUT2D eigenvalue weighted by molar-refractivity contribution is 8.03. The van der Waals surface area contributed by atoms with Crippen LogP contribution in [0.1, 0.15) is 23.2 Å². The molecule has 5 N–H and O–H groups in total. The van der Waals surface area contributed by atoms with E-state index in [0.717, 1.165) is 18.0 Å². The molecule has 3 rings (SSSR count). The molecule has 13 nitrogen and oxygen atoms in total. The Morgan fingerprint density at radius 3 is 2.62 bits per heavy atom. The highest BCUT2D eigenvalue weighted by Gasteiger charge is 2.45. The Labute approximate surface area is 166 Å². The first kappa shape index (κ1) is 20.8. The van der Waals surface area contributed by atoms with E-state index in [1.165, 1.54) is 0 Å². The molecule has 3 heterocycles. The minimum atomic E-state index is -4.67. The number of nitrogens with one attached hydrogen (secondary N) is 4. The summed E-state index contributed by atoms with van der Waals surface area (Å²) in [5, 5.41) is 6.57. The van der Waals surface area contributed by atoms with Gasteiger partial charge in [-0.2, -0.15) is 8.42 Å². The van der Waals surface area contributed by atoms with Gasteiger partial charge in [0.1, 0.15) is 16.5 Å². The first-order chi connectivity index (χ1) is 13.5. The molecule has 156 valence electrons. The Kier molecular flexibility index (Phi) is 5.38. The predicted octanol–water partition coefficient (Wildman–Crippen LogP) is -2.34. The summed E-state index contributed by atoms with van der Waals surface area (Å²) in [4.78, 5) is 62.3. The van der Waals surface area contributed by atoms with Crippen molar-refractivity contribution in [2.45, 2.75) is 23.8 Å². The molecule has 29 heavy (non-hydrogen) atoms. The van der Waals surface area contributed by atoms with Crippen molar-refractivity contribution in [1.82, 2.24) is 24.9 Å². The predicted molar refractivity (Wildman–Crippen MR) is 99.0 cm³/mol. The van der Waals surface area contributed by atoms with E-state index in [9.17, 15) is 32.4 Å². The summed E-state index contributed by atoms with van der Waals surface area (Å²) in [5.41, 5.74) is -2.02. The van der Waals surface area contributed by atoms with Gasteiger partial charge in [0.25, 0.3) is 17.4 Å². The number of H-pyrrole nitrogens is 2. The molecule has 15 heteroatoms. The lowest BCUT2D eigenvalue weighted by molar-refractivity contribution is -0.140. The summed E-state index contributed by atoms with van der Waals surface area (Å²) in [6.45, 7) is -0.402. The molecule has 1 saturated heterocycles. The third kappa shape index (κ3) is 4.41. The summed E-state index contributed by atoms with van der Waals surface area (Å²) < 4.78 is 30.9. The Hall–Kier alpha value is -2.91. The first-order valence-corrected chi connectivity index (χ1v) is 10.3. The number of hydrogen-bond acceptors (Lipinski definition) is 8. The Morgan fingerprint density at radius 1 is 1.34 bits per heavy atom. The van der Waals surface area contributed by atoms with Crippen LogP contribution in [-0.2, 0) is 19.9 Å². The van der Waals surface area contributed by atoms with Gasteiger partial charge in [-0.15, -0.1) is 11.8 Å². The van der Waals surface area contributed by atoms with Gasteiger partial charge in [-0.25, -0.2) is 9.10 Å². The normalized spacial score (nSPS) is 23.6. The topological polar surface area (TPSA) is 199 Å². The average Bonchev–Trinajstić information content (AvgIpc) is 3.04. The molecule has 0 spiro atoms. The Balaban J connectivity index is 1.66. The van der Waals surface area contributed by atoms with Crippen LogP contribution in [0.4, 0.5) is 0 Å². The second kappa shape index (κ2) is 7.49. The summed E-state index contributed by atoms with van der Waals surface area (Å²) in [5.74, 6) is -2.44. The number of carbonyl (C=O) groups excluding carboxylic acids is 3. The van der Waals surface area contributed by atoms with E-state index < -0.39 is 56.7 Å². The molecule has 1 aromatic heterocycles. The first-order valence-electron chi connectivity index (χ1n) is 8.06. The van der Waals surface area contributed by atoms with Crippen LogP contribution in [0.5, 0.6) is 0 Å². The lowest BCUT2D eigenvalue weighted by Crippen LogP contribution is -2.65. The number of rotatable bonds is 6. The van der Waals surface area contributed by atoms with Gasteiger partial charge in [0, 0.05) is 6.20 Å². The molecule has 3 amide bonds. The summed E-state index contributed by atoms with van der Waals surface area (Å²) in [6.07, 6.45) is 2.61. The van der Waals surface area contributed by atoms with Crippen LogP contribution < -0.4 is 21.9 Å². The summed E-state index contributed by atoms with van der Waals surface area (Å²) in [7, 11) is -4.67. The fourth-order valence-electron chi connectivity index (χ4n) is 2.77. The van der Waals surface area contributed by atoms with E-state index in [-0.39, 0.29) is 22.7 Å². The van der Waals surface area contributed by atoms with E-state index in [2.05, 4.69) is 15.6 Å². The molecule has 2 atom stereocenters. The number of aromatic amines is 2. The van der Waals surface area contributed by atoms with Gasteiger partial charge in [-0.05, 0) is 11.8 Å². The average molecular weight is 445 g/mol. The van der Waals surface area contributed by atoms with Gasteiger partial charge in [-0.3, -0.25) is 28.7 Å². The number of β-lactam (4-membered cyclic amide) rings is 1.